The fourth-order valence-corrected chi connectivity index (χ4v) is 1.75. The third kappa shape index (κ3) is 2.49. The number of carbonyl (C=O) groups is 1. The highest BCUT2D eigenvalue weighted by atomic mass is 32.2. The average molecular weight is 234 g/mol. The van der Waals surface area contributed by atoms with E-state index in [-0.39, 0.29) is 5.78 Å². The molecule has 0 fully saturated rings. The van der Waals surface area contributed by atoms with Crippen LogP contribution in [0.25, 0.3) is 0 Å². The molecule has 0 amide bonds. The Morgan fingerprint density at radius 1 is 1.31 bits per heavy atom. The van der Waals surface area contributed by atoms with Crippen molar-refractivity contribution in [2.45, 2.75) is 24.1 Å². The van der Waals surface area contributed by atoms with Crippen LogP contribution in [0.2, 0.25) is 0 Å². The summed E-state index contributed by atoms with van der Waals surface area (Å²) < 4.78 is 5.31. The molecule has 0 aromatic carbocycles. The van der Waals surface area contributed by atoms with E-state index in [4.69, 9.17) is 4.42 Å². The third-order valence-corrected chi connectivity index (χ3v) is 2.69. The molecule has 4 nitrogen and oxygen atoms in total. The zero-order valence-electron chi connectivity index (χ0n) is 8.93. The van der Waals surface area contributed by atoms with E-state index in [1.807, 2.05) is 6.92 Å². The zero-order chi connectivity index (χ0) is 11.5. The van der Waals surface area contributed by atoms with Crippen molar-refractivity contribution in [2.75, 3.05) is 0 Å². The number of carbonyl (C=O) groups excluding carboxylic acids is 1. The third-order valence-electron chi connectivity index (χ3n) is 1.88. The molecule has 2 rings (SSSR count). The normalized spacial score (nSPS) is 10.4. The number of aromatic nitrogens is 2. The minimum absolute atomic E-state index is 0.0864. The van der Waals surface area contributed by atoms with E-state index >= 15 is 0 Å². The van der Waals surface area contributed by atoms with E-state index in [1.165, 1.54) is 18.7 Å². The minimum atomic E-state index is -0.0864. The van der Waals surface area contributed by atoms with Crippen molar-refractivity contribution in [3.05, 3.63) is 35.9 Å². The highest BCUT2D eigenvalue weighted by Gasteiger charge is 2.08. The molecule has 0 aliphatic carbocycles. The van der Waals surface area contributed by atoms with Crippen molar-refractivity contribution in [1.29, 1.82) is 0 Å². The maximum Gasteiger partial charge on any atom is 0.195 e. The Bertz CT molecular complexity index is 505. The van der Waals surface area contributed by atoms with Crippen LogP contribution in [0.3, 0.4) is 0 Å². The van der Waals surface area contributed by atoms with Crippen LogP contribution < -0.4 is 0 Å². The summed E-state index contributed by atoms with van der Waals surface area (Å²) in [7, 11) is 0. The van der Waals surface area contributed by atoms with E-state index in [0.717, 1.165) is 5.56 Å². The first kappa shape index (κ1) is 10.9. The molecule has 2 aromatic rings. The van der Waals surface area contributed by atoms with Crippen LogP contribution in [0.5, 0.6) is 0 Å². The first-order valence-corrected chi connectivity index (χ1v) is 5.54. The van der Waals surface area contributed by atoms with E-state index in [1.54, 1.807) is 24.5 Å². The summed E-state index contributed by atoms with van der Waals surface area (Å²) in [6, 6.07) is 3.39. The number of hydrogen-bond acceptors (Lipinski definition) is 5. The van der Waals surface area contributed by atoms with Crippen LogP contribution in [0.15, 0.2) is 39.2 Å². The lowest BCUT2D eigenvalue weighted by atomic mass is 10.3. The van der Waals surface area contributed by atoms with Gasteiger partial charge in [0.25, 0.3) is 0 Å². The van der Waals surface area contributed by atoms with Gasteiger partial charge in [-0.2, -0.15) is 0 Å². The summed E-state index contributed by atoms with van der Waals surface area (Å²) in [5.41, 5.74) is 1.01. The lowest BCUT2D eigenvalue weighted by Gasteiger charge is -1.96. The highest BCUT2D eigenvalue weighted by molar-refractivity contribution is 7.99. The molecule has 0 radical (unpaired) electrons. The predicted octanol–water partition coefficient (Wildman–Crippen LogP) is 2.73. The molecule has 0 unspecified atom stereocenters. The molecule has 16 heavy (non-hydrogen) atoms. The van der Waals surface area contributed by atoms with Crippen molar-refractivity contribution in [3.63, 3.8) is 0 Å². The van der Waals surface area contributed by atoms with Gasteiger partial charge in [0.15, 0.2) is 21.8 Å². The average Bonchev–Trinajstić information content (AvgIpc) is 2.70. The standard InChI is InChI=1S/C11H10N2O2S/c1-7-5-12-11(13-6-7)16-10-4-3-9(15-10)8(2)14/h3-6H,1-2H3. The molecule has 2 aromatic heterocycles. The first-order chi connectivity index (χ1) is 7.65. The number of aryl methyl sites for hydroxylation is 1. The van der Waals surface area contributed by atoms with Gasteiger partial charge in [0.2, 0.25) is 0 Å². The minimum Gasteiger partial charge on any atom is -0.446 e. The summed E-state index contributed by atoms with van der Waals surface area (Å²) in [5.74, 6) is 0.270. The Labute approximate surface area is 97.1 Å². The number of furan rings is 1. The van der Waals surface area contributed by atoms with Gasteiger partial charge in [-0.1, -0.05) is 0 Å². The smallest absolute Gasteiger partial charge is 0.195 e. The molecule has 0 bridgehead atoms. The second kappa shape index (κ2) is 4.49. The van der Waals surface area contributed by atoms with Gasteiger partial charge in [-0.15, -0.1) is 0 Å². The molecule has 0 saturated carbocycles. The van der Waals surface area contributed by atoms with Crippen LogP contribution in [0.1, 0.15) is 23.0 Å². The van der Waals surface area contributed by atoms with Gasteiger partial charge in [0.05, 0.1) is 0 Å². The number of rotatable bonds is 3. The van der Waals surface area contributed by atoms with E-state index in [0.29, 0.717) is 16.0 Å². The Balaban J connectivity index is 2.14. The Hall–Kier alpha value is -1.62. The molecular weight excluding hydrogens is 224 g/mol. The number of Topliss-reactive ketones (excluding diaryl/α,β-unsaturated/α-hetero) is 1. The second-order valence-electron chi connectivity index (χ2n) is 3.32. The predicted molar refractivity (Wildman–Crippen MR) is 59.6 cm³/mol. The van der Waals surface area contributed by atoms with Gasteiger partial charge in [0, 0.05) is 19.3 Å². The monoisotopic (exact) mass is 234 g/mol. The molecule has 0 aliphatic heterocycles. The molecule has 0 saturated heterocycles. The summed E-state index contributed by atoms with van der Waals surface area (Å²) in [5, 5.41) is 1.23. The van der Waals surface area contributed by atoms with E-state index in [2.05, 4.69) is 9.97 Å². The maximum absolute atomic E-state index is 11.0. The maximum atomic E-state index is 11.0. The van der Waals surface area contributed by atoms with Crippen LogP contribution in [-0.2, 0) is 0 Å². The van der Waals surface area contributed by atoms with Crippen LogP contribution >= 0.6 is 11.8 Å². The molecule has 82 valence electrons. The summed E-state index contributed by atoms with van der Waals surface area (Å²) in [6.07, 6.45) is 3.48. The quantitative estimate of drug-likeness (QED) is 0.603. The molecule has 0 aliphatic rings. The summed E-state index contributed by atoms with van der Waals surface area (Å²) >= 11 is 1.29. The SMILES string of the molecule is CC(=O)c1ccc(Sc2ncc(C)cn2)o1. The Morgan fingerprint density at radius 2 is 2.00 bits per heavy atom. The van der Waals surface area contributed by atoms with Crippen LogP contribution in [0.4, 0.5) is 0 Å². The number of nitrogens with zero attached hydrogens (tertiary/aromatic N) is 2. The number of hydrogen-bond donors (Lipinski definition) is 0. The molecule has 5 heteroatoms. The van der Waals surface area contributed by atoms with Crippen molar-refractivity contribution >= 4 is 17.5 Å². The van der Waals surface area contributed by atoms with Crippen molar-refractivity contribution < 1.29 is 9.21 Å². The molecule has 2 heterocycles. The van der Waals surface area contributed by atoms with Gasteiger partial charge in [0.1, 0.15) is 0 Å². The Kier molecular flexibility index (Phi) is 3.05. The van der Waals surface area contributed by atoms with Gasteiger partial charge >= 0.3 is 0 Å². The zero-order valence-corrected chi connectivity index (χ0v) is 9.75. The summed E-state index contributed by atoms with van der Waals surface area (Å²) in [4.78, 5) is 19.3. The van der Waals surface area contributed by atoms with E-state index in [9.17, 15) is 4.79 Å². The molecule has 0 N–H and O–H groups in total. The second-order valence-corrected chi connectivity index (χ2v) is 4.29. The van der Waals surface area contributed by atoms with Gasteiger partial charge in [-0.3, -0.25) is 4.79 Å². The molecule has 0 spiro atoms. The summed E-state index contributed by atoms with van der Waals surface area (Å²) in [6.45, 7) is 3.39. The highest BCUT2D eigenvalue weighted by Crippen LogP contribution is 2.26. The van der Waals surface area contributed by atoms with Gasteiger partial charge in [-0.05, 0) is 36.4 Å². The fraction of sp³-hybridized carbons (Fsp3) is 0.182. The van der Waals surface area contributed by atoms with E-state index < -0.39 is 0 Å². The largest absolute Gasteiger partial charge is 0.446 e. The fourth-order valence-electron chi connectivity index (χ4n) is 1.09. The van der Waals surface area contributed by atoms with Crippen LogP contribution in [0, 0.1) is 6.92 Å². The molecular formula is C11H10N2O2S. The van der Waals surface area contributed by atoms with Crippen molar-refractivity contribution in [2.24, 2.45) is 0 Å². The first-order valence-electron chi connectivity index (χ1n) is 4.72. The van der Waals surface area contributed by atoms with Crippen molar-refractivity contribution in [3.8, 4) is 0 Å². The number of ketones is 1. The topological polar surface area (TPSA) is 56.0 Å². The van der Waals surface area contributed by atoms with Gasteiger partial charge < -0.3 is 4.42 Å². The van der Waals surface area contributed by atoms with Crippen LogP contribution in [-0.4, -0.2) is 15.8 Å². The Morgan fingerprint density at radius 3 is 2.56 bits per heavy atom. The molecule has 0 atom stereocenters. The van der Waals surface area contributed by atoms with Crippen molar-refractivity contribution in [1.82, 2.24) is 9.97 Å². The lowest BCUT2D eigenvalue weighted by Crippen LogP contribution is -1.87. The lowest BCUT2D eigenvalue weighted by molar-refractivity contribution is 0.0982. The van der Waals surface area contributed by atoms with Gasteiger partial charge in [-0.25, -0.2) is 9.97 Å².